The molecule has 0 radical (unpaired) electrons. The number of ether oxygens (including phenoxy) is 1. The molecule has 0 aromatic heterocycles. The van der Waals surface area contributed by atoms with Crippen LogP contribution in [0.25, 0.3) is 0 Å². The number of halogens is 1. The molecule has 0 saturated heterocycles. The summed E-state index contributed by atoms with van der Waals surface area (Å²) in [7, 11) is 0. The number of benzene rings is 1. The van der Waals surface area contributed by atoms with Crippen molar-refractivity contribution < 1.29 is 19.7 Å². The van der Waals surface area contributed by atoms with Gasteiger partial charge in [-0.15, -0.1) is 0 Å². The predicted molar refractivity (Wildman–Crippen MR) is 59.9 cm³/mol. The summed E-state index contributed by atoms with van der Waals surface area (Å²) in [6.45, 7) is 0.628. The van der Waals surface area contributed by atoms with Crippen molar-refractivity contribution in [3.05, 3.63) is 28.8 Å². The molecule has 0 bridgehead atoms. The third-order valence-corrected chi connectivity index (χ3v) is 2.27. The topological polar surface area (TPSA) is 90.5 Å². The van der Waals surface area contributed by atoms with E-state index in [9.17, 15) is 9.90 Å². The maximum atomic E-state index is 10.6. The van der Waals surface area contributed by atoms with E-state index in [4.69, 9.17) is 26.7 Å². The van der Waals surface area contributed by atoms with Gasteiger partial charge in [-0.05, 0) is 19.1 Å². The largest absolute Gasteiger partial charge is 0.489 e. The Labute approximate surface area is 103 Å². The molecule has 0 aliphatic rings. The van der Waals surface area contributed by atoms with Crippen molar-refractivity contribution in [3.8, 4) is 11.8 Å². The lowest BCUT2D eigenvalue weighted by molar-refractivity contribution is -0.159. The maximum Gasteiger partial charge on any atom is 0.339 e. The van der Waals surface area contributed by atoms with Gasteiger partial charge in [0.15, 0.2) is 5.60 Å². The standard InChI is InChI=1S/C11H10ClNO4/c1-11(16,10(14)15)6-17-9-4-8(12)3-2-7(9)5-13/h2-4,16H,6H2,1H3,(H,14,15). The van der Waals surface area contributed by atoms with Crippen LogP contribution >= 0.6 is 11.6 Å². The number of aliphatic hydroxyl groups is 1. The summed E-state index contributed by atoms with van der Waals surface area (Å²) in [6, 6.07) is 6.23. The molecule has 1 atom stereocenters. The Bertz CT molecular complexity index is 479. The molecule has 0 heterocycles. The van der Waals surface area contributed by atoms with Crippen LogP contribution < -0.4 is 4.74 Å². The van der Waals surface area contributed by atoms with Gasteiger partial charge in [0, 0.05) is 11.1 Å². The molecular formula is C11H10ClNO4. The number of carboxylic acid groups (broad SMARTS) is 1. The van der Waals surface area contributed by atoms with Gasteiger partial charge in [0.25, 0.3) is 0 Å². The van der Waals surface area contributed by atoms with Crippen LogP contribution in [0.5, 0.6) is 5.75 Å². The zero-order chi connectivity index (χ0) is 13.1. The Hall–Kier alpha value is -1.77. The molecular weight excluding hydrogens is 246 g/mol. The van der Waals surface area contributed by atoms with E-state index in [2.05, 4.69) is 0 Å². The zero-order valence-electron chi connectivity index (χ0n) is 8.98. The molecule has 90 valence electrons. The molecule has 0 amide bonds. The average Bonchev–Trinajstić information content (AvgIpc) is 2.26. The molecule has 0 aliphatic heterocycles. The van der Waals surface area contributed by atoms with Crippen LogP contribution in [0.2, 0.25) is 5.02 Å². The zero-order valence-corrected chi connectivity index (χ0v) is 9.73. The summed E-state index contributed by atoms with van der Waals surface area (Å²) in [4.78, 5) is 10.6. The SMILES string of the molecule is CC(O)(COc1cc(Cl)ccc1C#N)C(=O)O. The average molecular weight is 256 g/mol. The fourth-order valence-electron chi connectivity index (χ4n) is 0.988. The fraction of sp³-hybridized carbons (Fsp3) is 0.273. The van der Waals surface area contributed by atoms with Crippen LogP contribution in [0.15, 0.2) is 18.2 Å². The number of hydrogen-bond donors (Lipinski definition) is 2. The minimum Gasteiger partial charge on any atom is -0.489 e. The highest BCUT2D eigenvalue weighted by molar-refractivity contribution is 6.30. The second-order valence-corrected chi connectivity index (χ2v) is 4.06. The van der Waals surface area contributed by atoms with E-state index in [1.54, 1.807) is 0 Å². The number of aliphatic carboxylic acids is 1. The highest BCUT2D eigenvalue weighted by atomic mass is 35.5. The first-order chi connectivity index (χ1) is 7.86. The molecule has 0 aliphatic carbocycles. The van der Waals surface area contributed by atoms with Crippen molar-refractivity contribution >= 4 is 17.6 Å². The molecule has 1 unspecified atom stereocenters. The summed E-state index contributed by atoms with van der Waals surface area (Å²) in [5.74, 6) is -1.26. The van der Waals surface area contributed by atoms with E-state index in [0.29, 0.717) is 5.02 Å². The van der Waals surface area contributed by atoms with Crippen LogP contribution in [0.1, 0.15) is 12.5 Å². The monoisotopic (exact) mass is 255 g/mol. The van der Waals surface area contributed by atoms with Crippen LogP contribution in [-0.2, 0) is 4.79 Å². The number of carbonyl (C=O) groups is 1. The number of hydrogen-bond acceptors (Lipinski definition) is 4. The third kappa shape index (κ3) is 3.34. The lowest BCUT2D eigenvalue weighted by atomic mass is 10.1. The van der Waals surface area contributed by atoms with Crippen molar-refractivity contribution in [2.75, 3.05) is 6.61 Å². The molecule has 5 nitrogen and oxygen atoms in total. The van der Waals surface area contributed by atoms with Gasteiger partial charge in [-0.1, -0.05) is 11.6 Å². The fourth-order valence-corrected chi connectivity index (χ4v) is 1.15. The molecule has 1 rings (SSSR count). The molecule has 0 saturated carbocycles. The minimum absolute atomic E-state index is 0.140. The molecule has 0 spiro atoms. The Kier molecular flexibility index (Phi) is 3.94. The first-order valence-corrected chi connectivity index (χ1v) is 5.03. The predicted octanol–water partition coefficient (Wildman–Crippen LogP) is 1.43. The van der Waals surface area contributed by atoms with Gasteiger partial charge in [0.2, 0.25) is 0 Å². The first kappa shape index (κ1) is 13.3. The van der Waals surface area contributed by atoms with Crippen LogP contribution in [0.3, 0.4) is 0 Å². The Morgan fingerprint density at radius 1 is 1.65 bits per heavy atom. The van der Waals surface area contributed by atoms with Crippen molar-refractivity contribution in [2.24, 2.45) is 0 Å². The number of rotatable bonds is 4. The number of nitriles is 1. The van der Waals surface area contributed by atoms with E-state index in [0.717, 1.165) is 6.92 Å². The highest BCUT2D eigenvalue weighted by Gasteiger charge is 2.31. The van der Waals surface area contributed by atoms with Crippen LogP contribution in [0, 0.1) is 11.3 Å². The summed E-state index contributed by atoms with van der Waals surface area (Å²) in [6.07, 6.45) is 0. The lowest BCUT2D eigenvalue weighted by Gasteiger charge is -2.18. The van der Waals surface area contributed by atoms with Crippen molar-refractivity contribution in [1.82, 2.24) is 0 Å². The Balaban J connectivity index is 2.86. The molecule has 1 aromatic rings. The van der Waals surface area contributed by atoms with Gasteiger partial charge in [-0.25, -0.2) is 4.79 Å². The van der Waals surface area contributed by atoms with Crippen molar-refractivity contribution in [2.45, 2.75) is 12.5 Å². The van der Waals surface area contributed by atoms with Gasteiger partial charge in [0.1, 0.15) is 18.4 Å². The second kappa shape index (κ2) is 5.04. The number of carboxylic acids is 1. The van der Waals surface area contributed by atoms with E-state index in [-0.39, 0.29) is 11.3 Å². The molecule has 1 aromatic carbocycles. The maximum absolute atomic E-state index is 10.6. The first-order valence-electron chi connectivity index (χ1n) is 4.65. The summed E-state index contributed by atoms with van der Waals surface area (Å²) in [5, 5.41) is 27.3. The van der Waals surface area contributed by atoms with Gasteiger partial charge < -0.3 is 14.9 Å². The molecule has 6 heteroatoms. The number of nitrogens with zero attached hydrogens (tertiary/aromatic N) is 1. The quantitative estimate of drug-likeness (QED) is 0.849. The van der Waals surface area contributed by atoms with E-state index in [1.807, 2.05) is 6.07 Å². The highest BCUT2D eigenvalue weighted by Crippen LogP contribution is 2.23. The Morgan fingerprint density at radius 2 is 2.29 bits per heavy atom. The lowest BCUT2D eigenvalue weighted by Crippen LogP contribution is -2.41. The second-order valence-electron chi connectivity index (χ2n) is 3.62. The van der Waals surface area contributed by atoms with E-state index < -0.39 is 18.2 Å². The Morgan fingerprint density at radius 3 is 2.82 bits per heavy atom. The summed E-state index contributed by atoms with van der Waals surface area (Å²) < 4.78 is 5.10. The third-order valence-electron chi connectivity index (χ3n) is 2.03. The minimum atomic E-state index is -2.02. The normalized spacial score (nSPS) is 13.5. The molecule has 17 heavy (non-hydrogen) atoms. The van der Waals surface area contributed by atoms with Gasteiger partial charge in [-0.2, -0.15) is 5.26 Å². The molecule has 0 fully saturated rings. The van der Waals surface area contributed by atoms with Crippen molar-refractivity contribution in [3.63, 3.8) is 0 Å². The van der Waals surface area contributed by atoms with Gasteiger partial charge in [-0.3, -0.25) is 0 Å². The van der Waals surface area contributed by atoms with Crippen LogP contribution in [-0.4, -0.2) is 28.4 Å². The summed E-state index contributed by atoms with van der Waals surface area (Å²) in [5.41, 5.74) is -1.80. The van der Waals surface area contributed by atoms with E-state index in [1.165, 1.54) is 18.2 Å². The van der Waals surface area contributed by atoms with Crippen molar-refractivity contribution in [1.29, 1.82) is 5.26 Å². The van der Waals surface area contributed by atoms with Gasteiger partial charge in [0.05, 0.1) is 5.56 Å². The summed E-state index contributed by atoms with van der Waals surface area (Å²) >= 11 is 5.72. The van der Waals surface area contributed by atoms with Crippen LogP contribution in [0.4, 0.5) is 0 Å². The smallest absolute Gasteiger partial charge is 0.339 e. The van der Waals surface area contributed by atoms with Gasteiger partial charge >= 0.3 is 5.97 Å². The van der Waals surface area contributed by atoms with E-state index >= 15 is 0 Å². The molecule has 2 N–H and O–H groups in total.